The second kappa shape index (κ2) is 7.27. The fourth-order valence-corrected chi connectivity index (χ4v) is 2.11. The Morgan fingerprint density at radius 3 is 2.60 bits per heavy atom. The molecular formula is C17H23NO2. The minimum absolute atomic E-state index is 0.305. The van der Waals surface area contributed by atoms with Crippen LogP contribution in [0.25, 0.3) is 10.8 Å². The number of ether oxygens (including phenoxy) is 1. The lowest BCUT2D eigenvalue weighted by Gasteiger charge is -2.15. The monoisotopic (exact) mass is 273 g/mol. The molecule has 0 radical (unpaired) electrons. The third-order valence-electron chi connectivity index (χ3n) is 3.11. The zero-order valence-corrected chi connectivity index (χ0v) is 12.2. The Hall–Kier alpha value is -1.58. The number of rotatable bonds is 7. The number of nitrogens with one attached hydrogen (secondary N) is 1. The van der Waals surface area contributed by atoms with Gasteiger partial charge < -0.3 is 15.2 Å². The lowest BCUT2D eigenvalue weighted by molar-refractivity contribution is 0.106. The van der Waals surface area contributed by atoms with Crippen molar-refractivity contribution in [2.45, 2.75) is 20.0 Å². The van der Waals surface area contributed by atoms with Crippen LogP contribution in [-0.4, -0.2) is 30.9 Å². The maximum Gasteiger partial charge on any atom is 0.127 e. The first-order chi connectivity index (χ1) is 9.66. The standard InChI is InChI=1S/C17H23NO2/c1-13(2)10-18-11-15(19)12-20-17-9-5-7-14-6-3-4-8-16(14)17/h3-9,13,15,18-19H,10-12H2,1-2H3/t15-/m0/s1. The molecule has 0 aliphatic rings. The zero-order chi connectivity index (χ0) is 14.4. The number of hydrogen-bond acceptors (Lipinski definition) is 3. The van der Waals surface area contributed by atoms with E-state index in [2.05, 4.69) is 31.3 Å². The summed E-state index contributed by atoms with van der Waals surface area (Å²) in [6, 6.07) is 14.1. The highest BCUT2D eigenvalue weighted by molar-refractivity contribution is 5.88. The quantitative estimate of drug-likeness (QED) is 0.815. The van der Waals surface area contributed by atoms with E-state index < -0.39 is 6.10 Å². The molecule has 20 heavy (non-hydrogen) atoms. The van der Waals surface area contributed by atoms with E-state index in [4.69, 9.17) is 4.74 Å². The maximum absolute atomic E-state index is 9.91. The van der Waals surface area contributed by atoms with Gasteiger partial charge in [0.15, 0.2) is 0 Å². The Bertz CT molecular complexity index is 534. The molecule has 2 rings (SSSR count). The molecule has 2 aromatic rings. The van der Waals surface area contributed by atoms with Crippen molar-refractivity contribution in [2.75, 3.05) is 19.7 Å². The number of fused-ring (bicyclic) bond motifs is 1. The van der Waals surface area contributed by atoms with Crippen molar-refractivity contribution >= 4 is 10.8 Å². The van der Waals surface area contributed by atoms with Gasteiger partial charge >= 0.3 is 0 Å². The van der Waals surface area contributed by atoms with Gasteiger partial charge in [0.2, 0.25) is 0 Å². The van der Waals surface area contributed by atoms with Crippen molar-refractivity contribution in [2.24, 2.45) is 5.92 Å². The molecule has 0 spiro atoms. The molecule has 2 N–H and O–H groups in total. The molecule has 0 fully saturated rings. The largest absolute Gasteiger partial charge is 0.490 e. The Kier molecular flexibility index (Phi) is 5.39. The molecule has 0 saturated carbocycles. The summed E-state index contributed by atoms with van der Waals surface area (Å²) in [5.74, 6) is 1.41. The third kappa shape index (κ3) is 4.22. The smallest absolute Gasteiger partial charge is 0.127 e. The molecule has 0 aromatic heterocycles. The van der Waals surface area contributed by atoms with Crippen LogP contribution in [0.1, 0.15) is 13.8 Å². The van der Waals surface area contributed by atoms with E-state index in [-0.39, 0.29) is 0 Å². The molecule has 0 saturated heterocycles. The van der Waals surface area contributed by atoms with Gasteiger partial charge in [0.25, 0.3) is 0 Å². The fourth-order valence-electron chi connectivity index (χ4n) is 2.11. The molecule has 1 atom stereocenters. The Balaban J connectivity index is 1.89. The third-order valence-corrected chi connectivity index (χ3v) is 3.11. The van der Waals surface area contributed by atoms with E-state index in [0.29, 0.717) is 19.1 Å². The van der Waals surface area contributed by atoms with Gasteiger partial charge in [0, 0.05) is 11.9 Å². The minimum Gasteiger partial charge on any atom is -0.490 e. The molecular weight excluding hydrogens is 250 g/mol. The number of hydrogen-bond donors (Lipinski definition) is 2. The Labute approximate surface area is 120 Å². The zero-order valence-electron chi connectivity index (χ0n) is 12.2. The average Bonchev–Trinajstić information content (AvgIpc) is 2.44. The maximum atomic E-state index is 9.91. The number of aliphatic hydroxyl groups excluding tert-OH is 1. The molecule has 0 heterocycles. The highest BCUT2D eigenvalue weighted by Crippen LogP contribution is 2.25. The summed E-state index contributed by atoms with van der Waals surface area (Å²) in [5, 5.41) is 15.4. The van der Waals surface area contributed by atoms with E-state index in [9.17, 15) is 5.11 Å². The van der Waals surface area contributed by atoms with Gasteiger partial charge in [-0.2, -0.15) is 0 Å². The summed E-state index contributed by atoms with van der Waals surface area (Å²) in [6.07, 6.45) is -0.493. The van der Waals surface area contributed by atoms with Crippen molar-refractivity contribution in [3.63, 3.8) is 0 Å². The molecule has 0 unspecified atom stereocenters. The van der Waals surface area contributed by atoms with Crippen LogP contribution < -0.4 is 10.1 Å². The summed E-state index contributed by atoms with van der Waals surface area (Å²) >= 11 is 0. The van der Waals surface area contributed by atoms with Crippen molar-refractivity contribution in [3.05, 3.63) is 42.5 Å². The highest BCUT2D eigenvalue weighted by atomic mass is 16.5. The van der Waals surface area contributed by atoms with Gasteiger partial charge in [0.05, 0.1) is 0 Å². The molecule has 0 amide bonds. The first-order valence-electron chi connectivity index (χ1n) is 7.16. The summed E-state index contributed by atoms with van der Waals surface area (Å²) in [5.41, 5.74) is 0. The Morgan fingerprint density at radius 1 is 1.05 bits per heavy atom. The topological polar surface area (TPSA) is 41.5 Å². The van der Waals surface area contributed by atoms with Crippen LogP contribution >= 0.6 is 0 Å². The van der Waals surface area contributed by atoms with E-state index in [1.54, 1.807) is 0 Å². The molecule has 0 aliphatic carbocycles. The van der Waals surface area contributed by atoms with Crippen molar-refractivity contribution in [3.8, 4) is 5.75 Å². The molecule has 0 aliphatic heterocycles. The van der Waals surface area contributed by atoms with Gasteiger partial charge in [-0.05, 0) is 23.9 Å². The van der Waals surface area contributed by atoms with Crippen LogP contribution in [-0.2, 0) is 0 Å². The predicted molar refractivity (Wildman–Crippen MR) is 83.2 cm³/mol. The normalized spacial score (nSPS) is 12.8. The number of benzene rings is 2. The van der Waals surface area contributed by atoms with Gasteiger partial charge in [-0.3, -0.25) is 0 Å². The molecule has 108 valence electrons. The number of aliphatic hydroxyl groups is 1. The van der Waals surface area contributed by atoms with Crippen LogP contribution in [0.4, 0.5) is 0 Å². The van der Waals surface area contributed by atoms with E-state index in [1.807, 2.05) is 30.3 Å². The second-order valence-electron chi connectivity index (χ2n) is 5.49. The lowest BCUT2D eigenvalue weighted by Crippen LogP contribution is -2.33. The summed E-state index contributed by atoms with van der Waals surface area (Å²) in [4.78, 5) is 0. The SMILES string of the molecule is CC(C)CNC[C@H](O)COc1cccc2ccccc12. The Morgan fingerprint density at radius 2 is 1.80 bits per heavy atom. The van der Waals surface area contributed by atoms with E-state index >= 15 is 0 Å². The fraction of sp³-hybridized carbons (Fsp3) is 0.412. The molecule has 3 nitrogen and oxygen atoms in total. The van der Waals surface area contributed by atoms with Gasteiger partial charge in [0.1, 0.15) is 18.5 Å². The first kappa shape index (κ1) is 14.8. The van der Waals surface area contributed by atoms with Crippen molar-refractivity contribution in [1.82, 2.24) is 5.32 Å². The average molecular weight is 273 g/mol. The van der Waals surface area contributed by atoms with Crippen molar-refractivity contribution < 1.29 is 9.84 Å². The van der Waals surface area contributed by atoms with Crippen molar-refractivity contribution in [1.29, 1.82) is 0 Å². The van der Waals surface area contributed by atoms with Gasteiger partial charge in [-0.15, -0.1) is 0 Å². The second-order valence-corrected chi connectivity index (χ2v) is 5.49. The van der Waals surface area contributed by atoms with Crippen LogP contribution in [0.15, 0.2) is 42.5 Å². The predicted octanol–water partition coefficient (Wildman–Crippen LogP) is 2.83. The molecule has 2 aromatic carbocycles. The van der Waals surface area contributed by atoms with E-state index in [1.165, 1.54) is 0 Å². The highest BCUT2D eigenvalue weighted by Gasteiger charge is 2.07. The van der Waals surface area contributed by atoms with Gasteiger partial charge in [-0.25, -0.2) is 0 Å². The van der Waals surface area contributed by atoms with Gasteiger partial charge in [-0.1, -0.05) is 50.2 Å². The van der Waals surface area contributed by atoms with Crippen LogP contribution in [0.3, 0.4) is 0 Å². The first-order valence-corrected chi connectivity index (χ1v) is 7.16. The van der Waals surface area contributed by atoms with E-state index in [0.717, 1.165) is 23.1 Å². The molecule has 3 heteroatoms. The minimum atomic E-state index is -0.493. The summed E-state index contributed by atoms with van der Waals surface area (Å²) < 4.78 is 5.75. The summed E-state index contributed by atoms with van der Waals surface area (Å²) in [6.45, 7) is 6.06. The molecule has 0 bridgehead atoms. The van der Waals surface area contributed by atoms with Crippen LogP contribution in [0, 0.1) is 5.92 Å². The lowest BCUT2D eigenvalue weighted by atomic mass is 10.1. The summed E-state index contributed by atoms with van der Waals surface area (Å²) in [7, 11) is 0. The van der Waals surface area contributed by atoms with Crippen LogP contribution in [0.2, 0.25) is 0 Å². The van der Waals surface area contributed by atoms with Crippen LogP contribution in [0.5, 0.6) is 5.75 Å².